The van der Waals surface area contributed by atoms with Crippen molar-refractivity contribution < 1.29 is 17.6 Å². The van der Waals surface area contributed by atoms with Crippen molar-refractivity contribution in [1.29, 1.82) is 0 Å². The normalized spacial score (nSPS) is 13.1. The maximum Gasteiger partial charge on any atom is 0.252 e. The lowest BCUT2D eigenvalue weighted by atomic mass is 10.0. The minimum Gasteiger partial charge on any atom is -0.338 e. The first-order valence-electron chi connectivity index (χ1n) is 9.74. The van der Waals surface area contributed by atoms with Crippen LogP contribution in [0.1, 0.15) is 48.6 Å². The zero-order chi connectivity index (χ0) is 23.7. The number of imidazole rings is 1. The van der Waals surface area contributed by atoms with Gasteiger partial charge < -0.3 is 9.88 Å². The molecule has 0 aliphatic heterocycles. The third-order valence-electron chi connectivity index (χ3n) is 4.50. The zero-order valence-corrected chi connectivity index (χ0v) is 19.6. The van der Waals surface area contributed by atoms with Gasteiger partial charge in [-0.2, -0.15) is 0 Å². The second-order valence-corrected chi connectivity index (χ2v) is 10.4. The molecule has 2 N–H and O–H groups in total. The molecule has 0 aliphatic carbocycles. The first kappa shape index (κ1) is 23.9. The van der Waals surface area contributed by atoms with Gasteiger partial charge in [-0.05, 0) is 56.7 Å². The predicted molar refractivity (Wildman–Crippen MR) is 120 cm³/mol. The van der Waals surface area contributed by atoms with Crippen LogP contribution in [-0.2, 0) is 17.1 Å². The van der Waals surface area contributed by atoms with Crippen molar-refractivity contribution in [2.24, 2.45) is 7.05 Å². The molecule has 1 amide bonds. The molecule has 0 bridgehead atoms. The van der Waals surface area contributed by atoms with Gasteiger partial charge in [0.05, 0.1) is 5.02 Å². The highest BCUT2D eigenvalue weighted by atomic mass is 35.5. The summed E-state index contributed by atoms with van der Waals surface area (Å²) in [6.07, 6.45) is 3.28. The Morgan fingerprint density at radius 3 is 2.50 bits per heavy atom. The van der Waals surface area contributed by atoms with Crippen LogP contribution in [0.4, 0.5) is 4.39 Å². The van der Waals surface area contributed by atoms with Crippen LogP contribution in [0.15, 0.2) is 59.8 Å². The van der Waals surface area contributed by atoms with Crippen molar-refractivity contribution >= 4 is 27.5 Å². The van der Waals surface area contributed by atoms with Crippen LogP contribution in [0.2, 0.25) is 5.02 Å². The lowest BCUT2D eigenvalue weighted by Crippen LogP contribution is -2.40. The number of aryl methyl sites for hydroxylation is 1. The van der Waals surface area contributed by atoms with Gasteiger partial charge in [-0.15, -0.1) is 0 Å². The van der Waals surface area contributed by atoms with Crippen LogP contribution < -0.4 is 10.0 Å². The summed E-state index contributed by atoms with van der Waals surface area (Å²) in [6.45, 7) is 5.10. The van der Waals surface area contributed by atoms with E-state index in [1.54, 1.807) is 50.8 Å². The van der Waals surface area contributed by atoms with Gasteiger partial charge in [0, 0.05) is 30.5 Å². The molecule has 32 heavy (non-hydrogen) atoms. The van der Waals surface area contributed by atoms with E-state index in [9.17, 15) is 17.6 Å². The Labute approximate surface area is 191 Å². The maximum absolute atomic E-state index is 13.9. The Hall–Kier alpha value is -2.75. The predicted octanol–water partition coefficient (Wildman–Crippen LogP) is 3.81. The molecule has 3 rings (SSSR count). The van der Waals surface area contributed by atoms with Crippen LogP contribution in [0.5, 0.6) is 0 Å². The smallest absolute Gasteiger partial charge is 0.252 e. The van der Waals surface area contributed by atoms with Gasteiger partial charge >= 0.3 is 0 Å². The first-order chi connectivity index (χ1) is 14.9. The number of aromatic nitrogens is 2. The number of benzene rings is 2. The average Bonchev–Trinajstić information content (AvgIpc) is 3.09. The first-order valence-corrected chi connectivity index (χ1v) is 11.6. The summed E-state index contributed by atoms with van der Waals surface area (Å²) in [6, 6.07) is 9.06. The second kappa shape index (κ2) is 9.01. The topological polar surface area (TPSA) is 93.1 Å². The molecule has 0 radical (unpaired) electrons. The Bertz CT molecular complexity index is 1250. The van der Waals surface area contributed by atoms with E-state index in [2.05, 4.69) is 15.0 Å². The standard InChI is InChI=1S/C22H24ClFN4O3S/c1-22(2,3)27-32(30,31)18-13-15(8-9-17(18)23)21(29)26-19(20-25-10-11-28(20)4)14-6-5-7-16(24)12-14/h5-13,19,27H,1-4H3,(H,26,29). The fourth-order valence-electron chi connectivity index (χ4n) is 3.16. The molecular formula is C22H24ClFN4O3S. The van der Waals surface area contributed by atoms with E-state index in [-0.39, 0.29) is 15.5 Å². The highest BCUT2D eigenvalue weighted by Crippen LogP contribution is 2.26. The van der Waals surface area contributed by atoms with E-state index >= 15 is 0 Å². The molecule has 0 spiro atoms. The number of hydrogen-bond acceptors (Lipinski definition) is 4. The quantitative estimate of drug-likeness (QED) is 0.563. The second-order valence-electron chi connectivity index (χ2n) is 8.36. The van der Waals surface area contributed by atoms with Gasteiger partial charge in [0.25, 0.3) is 5.91 Å². The van der Waals surface area contributed by atoms with Gasteiger partial charge in [-0.1, -0.05) is 23.7 Å². The number of nitrogens with zero attached hydrogens (tertiary/aromatic N) is 2. The van der Waals surface area contributed by atoms with E-state index < -0.39 is 33.3 Å². The number of nitrogens with one attached hydrogen (secondary N) is 2. The molecule has 1 unspecified atom stereocenters. The molecule has 0 aliphatic rings. The van der Waals surface area contributed by atoms with Gasteiger partial charge in [-0.3, -0.25) is 4.79 Å². The minimum absolute atomic E-state index is 0.0101. The molecule has 0 fully saturated rings. The van der Waals surface area contributed by atoms with Crippen molar-refractivity contribution in [1.82, 2.24) is 19.6 Å². The van der Waals surface area contributed by atoms with Gasteiger partial charge in [0.1, 0.15) is 22.6 Å². The monoisotopic (exact) mass is 478 g/mol. The molecule has 1 aromatic heterocycles. The molecule has 0 saturated carbocycles. The average molecular weight is 479 g/mol. The lowest BCUT2D eigenvalue weighted by molar-refractivity contribution is 0.0941. The van der Waals surface area contributed by atoms with Gasteiger partial charge in [0.15, 0.2) is 0 Å². The van der Waals surface area contributed by atoms with Crippen molar-refractivity contribution in [2.45, 2.75) is 37.2 Å². The summed E-state index contributed by atoms with van der Waals surface area (Å²) in [5.74, 6) is -0.532. The number of carbonyl (C=O) groups is 1. The highest BCUT2D eigenvalue weighted by molar-refractivity contribution is 7.89. The van der Waals surface area contributed by atoms with E-state index in [0.29, 0.717) is 11.4 Å². The van der Waals surface area contributed by atoms with Gasteiger partial charge in [-0.25, -0.2) is 22.5 Å². The number of amides is 1. The van der Waals surface area contributed by atoms with E-state index in [4.69, 9.17) is 11.6 Å². The van der Waals surface area contributed by atoms with Crippen molar-refractivity contribution in [2.75, 3.05) is 0 Å². The number of rotatable bonds is 6. The Morgan fingerprint density at radius 1 is 1.19 bits per heavy atom. The maximum atomic E-state index is 13.9. The summed E-state index contributed by atoms with van der Waals surface area (Å²) in [5.41, 5.74) is -0.163. The minimum atomic E-state index is -3.97. The number of sulfonamides is 1. The number of hydrogen-bond donors (Lipinski definition) is 2. The van der Waals surface area contributed by atoms with Gasteiger partial charge in [0.2, 0.25) is 10.0 Å². The van der Waals surface area contributed by atoms with Crippen molar-refractivity contribution in [3.8, 4) is 0 Å². The molecule has 1 atom stereocenters. The Kier molecular flexibility index (Phi) is 6.73. The van der Waals surface area contributed by atoms with E-state index in [1.165, 1.54) is 36.4 Å². The van der Waals surface area contributed by atoms with Crippen molar-refractivity contribution in [3.63, 3.8) is 0 Å². The molecule has 7 nitrogen and oxygen atoms in total. The summed E-state index contributed by atoms with van der Waals surface area (Å²) in [5, 5.41) is 2.81. The summed E-state index contributed by atoms with van der Waals surface area (Å²) in [4.78, 5) is 17.2. The number of halogens is 2. The molecule has 1 heterocycles. The van der Waals surface area contributed by atoms with E-state index in [1.807, 2.05) is 0 Å². The molecule has 3 aromatic rings. The molecule has 0 saturated heterocycles. The molecule has 170 valence electrons. The third-order valence-corrected chi connectivity index (χ3v) is 6.74. The Morgan fingerprint density at radius 2 is 1.91 bits per heavy atom. The van der Waals surface area contributed by atoms with Crippen LogP contribution in [0, 0.1) is 5.82 Å². The van der Waals surface area contributed by atoms with E-state index in [0.717, 1.165) is 0 Å². The summed E-state index contributed by atoms with van der Waals surface area (Å²) >= 11 is 6.13. The zero-order valence-electron chi connectivity index (χ0n) is 18.1. The fraction of sp³-hybridized carbons (Fsp3) is 0.273. The van der Waals surface area contributed by atoms with Crippen LogP contribution in [-0.4, -0.2) is 29.4 Å². The van der Waals surface area contributed by atoms with Crippen LogP contribution in [0.3, 0.4) is 0 Å². The van der Waals surface area contributed by atoms with Crippen LogP contribution >= 0.6 is 11.6 Å². The molecule has 2 aromatic carbocycles. The summed E-state index contributed by atoms with van der Waals surface area (Å²) < 4.78 is 43.6. The number of carbonyl (C=O) groups excluding carboxylic acids is 1. The molecular weight excluding hydrogens is 455 g/mol. The SMILES string of the molecule is Cn1ccnc1C(NC(=O)c1ccc(Cl)c(S(=O)(=O)NC(C)(C)C)c1)c1cccc(F)c1. The van der Waals surface area contributed by atoms with Crippen LogP contribution in [0.25, 0.3) is 0 Å². The summed E-state index contributed by atoms with van der Waals surface area (Å²) in [7, 11) is -2.21. The highest BCUT2D eigenvalue weighted by Gasteiger charge is 2.27. The fourth-order valence-corrected chi connectivity index (χ4v) is 5.11. The Balaban J connectivity index is 1.98. The third kappa shape index (κ3) is 5.53. The van der Waals surface area contributed by atoms with Crippen molar-refractivity contribution in [3.05, 3.63) is 82.6 Å². The largest absolute Gasteiger partial charge is 0.338 e. The molecule has 10 heteroatoms. The lowest BCUT2D eigenvalue weighted by Gasteiger charge is -2.22.